The maximum atomic E-state index is 12.7. The number of alkyl halides is 3. The number of aliphatic imine (C=N–C) groups is 1. The van der Waals surface area contributed by atoms with Crippen molar-refractivity contribution >= 4 is 5.96 Å². The summed E-state index contributed by atoms with van der Waals surface area (Å²) in [6.45, 7) is -0.0531. The third-order valence-corrected chi connectivity index (χ3v) is 4.28. The first kappa shape index (κ1) is 15.4. The molecule has 116 valence electrons. The van der Waals surface area contributed by atoms with Crippen molar-refractivity contribution in [3.63, 3.8) is 0 Å². The summed E-state index contributed by atoms with van der Waals surface area (Å²) in [6, 6.07) is 0.391. The first-order chi connectivity index (χ1) is 9.21. The predicted molar refractivity (Wildman–Crippen MR) is 70.2 cm³/mol. The first-order valence-electron chi connectivity index (χ1n) is 7.03. The van der Waals surface area contributed by atoms with Crippen LogP contribution in [-0.4, -0.2) is 47.4 Å². The van der Waals surface area contributed by atoms with Crippen molar-refractivity contribution < 1.29 is 18.3 Å². The Bertz CT molecular complexity index is 382. The highest BCUT2D eigenvalue weighted by Gasteiger charge is 2.47. The summed E-state index contributed by atoms with van der Waals surface area (Å²) in [5.41, 5.74) is 4.42. The van der Waals surface area contributed by atoms with Crippen LogP contribution >= 0.6 is 0 Å². The van der Waals surface area contributed by atoms with Gasteiger partial charge in [0.2, 0.25) is 0 Å². The Morgan fingerprint density at radius 3 is 2.60 bits per heavy atom. The van der Waals surface area contributed by atoms with Gasteiger partial charge in [-0.2, -0.15) is 13.2 Å². The molecule has 0 heterocycles. The van der Waals surface area contributed by atoms with E-state index in [-0.39, 0.29) is 19.4 Å². The molecule has 0 aromatic heterocycles. The molecule has 0 aromatic carbocycles. The van der Waals surface area contributed by atoms with Crippen molar-refractivity contribution in [2.24, 2.45) is 16.6 Å². The van der Waals surface area contributed by atoms with Crippen LogP contribution in [0.25, 0.3) is 0 Å². The fourth-order valence-electron chi connectivity index (χ4n) is 2.75. The Morgan fingerprint density at radius 1 is 1.40 bits per heavy atom. The van der Waals surface area contributed by atoms with Crippen molar-refractivity contribution in [2.45, 2.75) is 56.3 Å². The number of nitrogens with two attached hydrogens (primary N) is 1. The van der Waals surface area contributed by atoms with Gasteiger partial charge in [0.25, 0.3) is 0 Å². The van der Waals surface area contributed by atoms with Gasteiger partial charge in [-0.3, -0.25) is 4.99 Å². The molecule has 0 aromatic rings. The van der Waals surface area contributed by atoms with Crippen LogP contribution in [0.5, 0.6) is 0 Å². The van der Waals surface area contributed by atoms with Crippen LogP contribution < -0.4 is 5.73 Å². The Morgan fingerprint density at radius 2 is 2.05 bits per heavy atom. The van der Waals surface area contributed by atoms with Gasteiger partial charge in [-0.15, -0.1) is 0 Å². The summed E-state index contributed by atoms with van der Waals surface area (Å²) in [4.78, 5) is 5.93. The average Bonchev–Trinajstić information content (AvgIpc) is 3.18. The van der Waals surface area contributed by atoms with Crippen LogP contribution in [0.1, 0.15) is 38.5 Å². The van der Waals surface area contributed by atoms with Crippen molar-refractivity contribution in [1.82, 2.24) is 4.90 Å². The Hall–Kier alpha value is -0.980. The van der Waals surface area contributed by atoms with E-state index in [9.17, 15) is 18.3 Å². The topological polar surface area (TPSA) is 61.8 Å². The summed E-state index contributed by atoms with van der Waals surface area (Å²) in [7, 11) is 1.82. The molecular weight excluding hydrogens is 271 g/mol. The third kappa shape index (κ3) is 3.77. The fourth-order valence-corrected chi connectivity index (χ4v) is 2.75. The van der Waals surface area contributed by atoms with E-state index in [1.807, 2.05) is 11.9 Å². The molecule has 2 atom stereocenters. The number of rotatable bonds is 3. The normalized spacial score (nSPS) is 32.2. The second-order valence-electron chi connectivity index (χ2n) is 6.08. The molecule has 0 bridgehead atoms. The van der Waals surface area contributed by atoms with Gasteiger partial charge in [-0.25, -0.2) is 0 Å². The number of guanidine groups is 1. The summed E-state index contributed by atoms with van der Waals surface area (Å²) in [6.07, 6.45) is -1.58. The zero-order chi connectivity index (χ0) is 15.0. The molecule has 2 aliphatic carbocycles. The van der Waals surface area contributed by atoms with Gasteiger partial charge < -0.3 is 15.7 Å². The van der Waals surface area contributed by atoms with Crippen LogP contribution in [0, 0.1) is 5.92 Å². The largest absolute Gasteiger partial charge is 0.391 e. The standard InChI is InChI=1S/C13H22F3N3O/c1-19(10-4-5-10)11(17)18-8-12(20)6-2-3-9(7-12)13(14,15)16/h9-10,20H,2-8H2,1H3,(H2,17,18). The van der Waals surface area contributed by atoms with Crippen LogP contribution in [0.4, 0.5) is 13.2 Å². The lowest BCUT2D eigenvalue weighted by Crippen LogP contribution is -2.44. The monoisotopic (exact) mass is 293 g/mol. The van der Waals surface area contributed by atoms with Crippen molar-refractivity contribution in [2.75, 3.05) is 13.6 Å². The van der Waals surface area contributed by atoms with E-state index in [1.165, 1.54) is 0 Å². The van der Waals surface area contributed by atoms with E-state index in [1.54, 1.807) is 0 Å². The van der Waals surface area contributed by atoms with Crippen molar-refractivity contribution in [3.8, 4) is 0 Å². The molecule has 2 rings (SSSR count). The predicted octanol–water partition coefficient (Wildman–Crippen LogP) is 1.88. The Labute approximate surface area is 116 Å². The van der Waals surface area contributed by atoms with E-state index in [4.69, 9.17) is 5.73 Å². The third-order valence-electron chi connectivity index (χ3n) is 4.28. The zero-order valence-electron chi connectivity index (χ0n) is 11.7. The SMILES string of the molecule is CN(C(N)=NCC1(O)CCCC(C(F)(F)F)C1)C1CC1. The fraction of sp³-hybridized carbons (Fsp3) is 0.923. The first-order valence-corrected chi connectivity index (χ1v) is 7.03. The van der Waals surface area contributed by atoms with E-state index in [0.717, 1.165) is 12.8 Å². The maximum Gasteiger partial charge on any atom is 0.391 e. The van der Waals surface area contributed by atoms with Gasteiger partial charge in [-0.1, -0.05) is 0 Å². The second-order valence-corrected chi connectivity index (χ2v) is 6.08. The number of aliphatic hydroxyl groups is 1. The van der Waals surface area contributed by atoms with Crippen LogP contribution in [0.3, 0.4) is 0 Å². The molecule has 3 N–H and O–H groups in total. The Balaban J connectivity index is 1.94. The van der Waals surface area contributed by atoms with Gasteiger partial charge in [-0.05, 0) is 38.5 Å². The molecule has 0 aliphatic heterocycles. The molecule has 2 saturated carbocycles. The van der Waals surface area contributed by atoms with Gasteiger partial charge in [0.1, 0.15) is 0 Å². The highest BCUT2D eigenvalue weighted by molar-refractivity contribution is 5.78. The lowest BCUT2D eigenvalue weighted by molar-refractivity contribution is -0.199. The minimum absolute atomic E-state index is 0.0531. The second kappa shape index (κ2) is 5.42. The summed E-state index contributed by atoms with van der Waals surface area (Å²) in [5, 5.41) is 10.3. The Kier molecular flexibility index (Phi) is 4.18. The highest BCUT2D eigenvalue weighted by Crippen LogP contribution is 2.41. The lowest BCUT2D eigenvalue weighted by Gasteiger charge is -2.36. The van der Waals surface area contributed by atoms with E-state index < -0.39 is 17.7 Å². The van der Waals surface area contributed by atoms with Crippen LogP contribution in [0.15, 0.2) is 4.99 Å². The molecule has 0 amide bonds. The van der Waals surface area contributed by atoms with Gasteiger partial charge in [0.05, 0.1) is 18.1 Å². The molecular formula is C13H22F3N3O. The van der Waals surface area contributed by atoms with Crippen LogP contribution in [0.2, 0.25) is 0 Å². The van der Waals surface area contributed by atoms with Gasteiger partial charge >= 0.3 is 6.18 Å². The zero-order valence-corrected chi connectivity index (χ0v) is 11.7. The quantitative estimate of drug-likeness (QED) is 0.617. The van der Waals surface area contributed by atoms with E-state index in [0.29, 0.717) is 24.8 Å². The molecule has 2 aliphatic rings. The van der Waals surface area contributed by atoms with E-state index in [2.05, 4.69) is 4.99 Å². The molecule has 0 radical (unpaired) electrons. The molecule has 20 heavy (non-hydrogen) atoms. The molecule has 2 unspecified atom stereocenters. The molecule has 0 spiro atoms. The number of hydrogen-bond donors (Lipinski definition) is 2. The number of nitrogens with zero attached hydrogens (tertiary/aromatic N) is 2. The summed E-state index contributed by atoms with van der Waals surface area (Å²) < 4.78 is 38.2. The smallest absolute Gasteiger partial charge is 0.388 e. The summed E-state index contributed by atoms with van der Waals surface area (Å²) >= 11 is 0. The average molecular weight is 293 g/mol. The molecule has 2 fully saturated rings. The van der Waals surface area contributed by atoms with Crippen molar-refractivity contribution in [3.05, 3.63) is 0 Å². The minimum Gasteiger partial charge on any atom is -0.388 e. The molecule has 4 nitrogen and oxygen atoms in total. The van der Waals surface area contributed by atoms with Gasteiger partial charge in [0, 0.05) is 13.1 Å². The molecule has 0 saturated heterocycles. The van der Waals surface area contributed by atoms with E-state index >= 15 is 0 Å². The minimum atomic E-state index is -4.24. The number of hydrogen-bond acceptors (Lipinski definition) is 2. The summed E-state index contributed by atoms with van der Waals surface area (Å²) in [5.74, 6) is -1.13. The maximum absolute atomic E-state index is 12.7. The van der Waals surface area contributed by atoms with Crippen LogP contribution in [-0.2, 0) is 0 Å². The number of halogens is 3. The van der Waals surface area contributed by atoms with Gasteiger partial charge in [0.15, 0.2) is 5.96 Å². The van der Waals surface area contributed by atoms with Crippen molar-refractivity contribution in [1.29, 1.82) is 0 Å². The molecule has 7 heteroatoms. The lowest BCUT2D eigenvalue weighted by atomic mass is 9.78. The highest BCUT2D eigenvalue weighted by atomic mass is 19.4.